The smallest absolute Gasteiger partial charge is 0.214 e. The van der Waals surface area contributed by atoms with Crippen LogP contribution >= 0.6 is 15.9 Å². The van der Waals surface area contributed by atoms with E-state index in [1.165, 1.54) is 0 Å². The van der Waals surface area contributed by atoms with Gasteiger partial charge >= 0.3 is 0 Å². The van der Waals surface area contributed by atoms with Gasteiger partial charge in [0, 0.05) is 18.0 Å². The zero-order valence-corrected chi connectivity index (χ0v) is 13.7. The average Bonchev–Trinajstić information content (AvgIpc) is 2.91. The minimum absolute atomic E-state index is 0.0608. The summed E-state index contributed by atoms with van der Waals surface area (Å²) in [6.45, 7) is 0.673. The summed E-state index contributed by atoms with van der Waals surface area (Å²) in [5.74, 6) is 0.0608. The number of rotatable bonds is 7. The highest BCUT2D eigenvalue weighted by atomic mass is 79.9. The van der Waals surface area contributed by atoms with Crippen LogP contribution in [0.3, 0.4) is 0 Å². The predicted octanol–water partition coefficient (Wildman–Crippen LogP) is 2.09. The van der Waals surface area contributed by atoms with Gasteiger partial charge in [0.2, 0.25) is 10.0 Å². The maximum Gasteiger partial charge on any atom is 0.214 e. The van der Waals surface area contributed by atoms with Gasteiger partial charge in [-0.05, 0) is 24.8 Å². The largest absolute Gasteiger partial charge is 0.377 e. The van der Waals surface area contributed by atoms with Crippen molar-refractivity contribution < 1.29 is 13.2 Å². The SMILES string of the molecule is O=S(=O)(CC1CCCO1)NC(CBr)Cc1ccccc1. The maximum absolute atomic E-state index is 12.1. The monoisotopic (exact) mass is 361 g/mol. The van der Waals surface area contributed by atoms with Gasteiger partial charge in [-0.1, -0.05) is 46.3 Å². The molecule has 1 heterocycles. The van der Waals surface area contributed by atoms with Gasteiger partial charge in [0.25, 0.3) is 0 Å². The fourth-order valence-electron chi connectivity index (χ4n) is 2.35. The van der Waals surface area contributed by atoms with Gasteiger partial charge < -0.3 is 4.74 Å². The third kappa shape index (κ3) is 5.16. The highest BCUT2D eigenvalue weighted by Gasteiger charge is 2.25. The van der Waals surface area contributed by atoms with E-state index in [4.69, 9.17) is 4.74 Å². The number of ether oxygens (including phenoxy) is 1. The van der Waals surface area contributed by atoms with Gasteiger partial charge in [-0.15, -0.1) is 0 Å². The van der Waals surface area contributed by atoms with E-state index in [1.807, 2.05) is 30.3 Å². The normalized spacial score (nSPS) is 20.9. The van der Waals surface area contributed by atoms with Crippen molar-refractivity contribution in [3.8, 4) is 0 Å². The molecule has 2 unspecified atom stereocenters. The summed E-state index contributed by atoms with van der Waals surface area (Å²) in [6.07, 6.45) is 2.31. The van der Waals surface area contributed by atoms with Gasteiger partial charge in [0.1, 0.15) is 0 Å². The molecule has 4 nitrogen and oxygen atoms in total. The summed E-state index contributed by atoms with van der Waals surface area (Å²) < 4.78 is 32.4. The molecule has 0 spiro atoms. The lowest BCUT2D eigenvalue weighted by Gasteiger charge is -2.18. The number of halogens is 1. The molecule has 1 aliphatic heterocycles. The van der Waals surface area contributed by atoms with Crippen molar-refractivity contribution in [2.24, 2.45) is 0 Å². The highest BCUT2D eigenvalue weighted by Crippen LogP contribution is 2.14. The lowest BCUT2D eigenvalue weighted by molar-refractivity contribution is 0.127. The molecule has 1 aliphatic rings. The van der Waals surface area contributed by atoms with Crippen molar-refractivity contribution in [3.05, 3.63) is 35.9 Å². The Morgan fingerprint density at radius 3 is 2.70 bits per heavy atom. The fraction of sp³-hybridized carbons (Fsp3) is 0.571. The highest BCUT2D eigenvalue weighted by molar-refractivity contribution is 9.09. The summed E-state index contributed by atoms with van der Waals surface area (Å²) in [5.41, 5.74) is 1.12. The third-order valence-electron chi connectivity index (χ3n) is 3.29. The molecule has 0 aromatic heterocycles. The molecule has 112 valence electrons. The molecule has 1 saturated heterocycles. The topological polar surface area (TPSA) is 55.4 Å². The summed E-state index contributed by atoms with van der Waals surface area (Å²) >= 11 is 3.38. The van der Waals surface area contributed by atoms with E-state index in [0.29, 0.717) is 18.4 Å². The Morgan fingerprint density at radius 2 is 2.10 bits per heavy atom. The first-order valence-electron chi connectivity index (χ1n) is 6.80. The van der Waals surface area contributed by atoms with E-state index in [9.17, 15) is 8.42 Å². The van der Waals surface area contributed by atoms with E-state index < -0.39 is 10.0 Å². The van der Waals surface area contributed by atoms with E-state index in [2.05, 4.69) is 20.7 Å². The van der Waals surface area contributed by atoms with Crippen molar-refractivity contribution in [2.45, 2.75) is 31.4 Å². The number of benzene rings is 1. The zero-order chi connectivity index (χ0) is 14.4. The van der Waals surface area contributed by atoms with E-state index in [0.717, 1.165) is 18.4 Å². The lowest BCUT2D eigenvalue weighted by Crippen LogP contribution is -2.41. The first-order valence-corrected chi connectivity index (χ1v) is 9.58. The molecule has 0 bridgehead atoms. The number of nitrogens with one attached hydrogen (secondary N) is 1. The van der Waals surface area contributed by atoms with Gasteiger partial charge in [0.05, 0.1) is 11.9 Å². The number of hydrogen-bond acceptors (Lipinski definition) is 3. The van der Waals surface area contributed by atoms with E-state index >= 15 is 0 Å². The molecule has 20 heavy (non-hydrogen) atoms. The van der Waals surface area contributed by atoms with Crippen LogP contribution in [0.15, 0.2) is 30.3 Å². The number of sulfonamides is 1. The van der Waals surface area contributed by atoms with Crippen molar-refractivity contribution in [2.75, 3.05) is 17.7 Å². The molecule has 2 atom stereocenters. The molecule has 1 aromatic rings. The quantitative estimate of drug-likeness (QED) is 0.756. The van der Waals surface area contributed by atoms with Crippen molar-refractivity contribution in [3.63, 3.8) is 0 Å². The van der Waals surface area contributed by atoms with Gasteiger partial charge in [-0.3, -0.25) is 0 Å². The zero-order valence-electron chi connectivity index (χ0n) is 11.3. The molecule has 0 amide bonds. The fourth-order valence-corrected chi connectivity index (χ4v) is 4.48. The molecule has 1 aromatic carbocycles. The average molecular weight is 362 g/mol. The van der Waals surface area contributed by atoms with Crippen molar-refractivity contribution in [1.29, 1.82) is 0 Å². The van der Waals surface area contributed by atoms with E-state index in [-0.39, 0.29) is 17.9 Å². The van der Waals surface area contributed by atoms with Crippen LogP contribution in [0.4, 0.5) is 0 Å². The molecular weight excluding hydrogens is 342 g/mol. The Labute approximate surface area is 129 Å². The van der Waals surface area contributed by atoms with Crippen LogP contribution in [-0.2, 0) is 21.2 Å². The summed E-state index contributed by atoms with van der Waals surface area (Å²) in [6, 6.07) is 9.74. The molecule has 0 radical (unpaired) electrons. The second kappa shape index (κ2) is 7.54. The van der Waals surface area contributed by atoms with Crippen LogP contribution in [0.2, 0.25) is 0 Å². The molecule has 1 fully saturated rings. The van der Waals surface area contributed by atoms with Gasteiger partial charge in [-0.25, -0.2) is 13.1 Å². The summed E-state index contributed by atoms with van der Waals surface area (Å²) in [7, 11) is -3.30. The Morgan fingerprint density at radius 1 is 1.35 bits per heavy atom. The summed E-state index contributed by atoms with van der Waals surface area (Å²) in [4.78, 5) is 0. The second-order valence-electron chi connectivity index (χ2n) is 5.08. The van der Waals surface area contributed by atoms with Crippen LogP contribution in [-0.4, -0.2) is 38.3 Å². The summed E-state index contributed by atoms with van der Waals surface area (Å²) in [5, 5.41) is 0.590. The minimum atomic E-state index is -3.30. The predicted molar refractivity (Wildman–Crippen MR) is 83.6 cm³/mol. The minimum Gasteiger partial charge on any atom is -0.377 e. The first kappa shape index (κ1) is 15.9. The molecule has 6 heteroatoms. The molecule has 0 aliphatic carbocycles. The van der Waals surface area contributed by atoms with Crippen LogP contribution in [0.5, 0.6) is 0 Å². The van der Waals surface area contributed by atoms with Crippen molar-refractivity contribution >= 4 is 26.0 Å². The molecule has 2 rings (SSSR count). The van der Waals surface area contributed by atoms with Crippen LogP contribution in [0.1, 0.15) is 18.4 Å². The molecule has 1 N–H and O–H groups in total. The Balaban J connectivity index is 1.91. The standard InChI is InChI=1S/C14H20BrNO3S/c15-10-13(9-12-5-2-1-3-6-12)16-20(17,18)11-14-7-4-8-19-14/h1-3,5-6,13-14,16H,4,7-11H2. The third-order valence-corrected chi connectivity index (χ3v) is 5.57. The second-order valence-corrected chi connectivity index (χ2v) is 7.52. The van der Waals surface area contributed by atoms with Crippen LogP contribution in [0, 0.1) is 0 Å². The number of alkyl halides is 1. The first-order chi connectivity index (χ1) is 9.59. The van der Waals surface area contributed by atoms with Crippen molar-refractivity contribution in [1.82, 2.24) is 4.72 Å². The Kier molecular flexibility index (Phi) is 6.01. The molecular formula is C14H20BrNO3S. The molecule has 0 saturated carbocycles. The van der Waals surface area contributed by atoms with Gasteiger partial charge in [0.15, 0.2) is 0 Å². The van der Waals surface area contributed by atoms with Gasteiger partial charge in [-0.2, -0.15) is 0 Å². The maximum atomic E-state index is 12.1. The van der Waals surface area contributed by atoms with Crippen LogP contribution < -0.4 is 4.72 Å². The Hall–Kier alpha value is -0.430. The lowest BCUT2D eigenvalue weighted by atomic mass is 10.1. The Bertz CT molecular complexity index is 500. The van der Waals surface area contributed by atoms with Crippen LogP contribution in [0.25, 0.3) is 0 Å². The van der Waals surface area contributed by atoms with E-state index in [1.54, 1.807) is 0 Å². The number of hydrogen-bond donors (Lipinski definition) is 1.